The van der Waals surface area contributed by atoms with Crippen molar-refractivity contribution in [2.45, 2.75) is 6.54 Å². The maximum absolute atomic E-state index is 6.15. The summed E-state index contributed by atoms with van der Waals surface area (Å²) in [5.74, 6) is 0.920. The molecule has 0 saturated carbocycles. The number of rotatable bonds is 2. The van der Waals surface area contributed by atoms with Crippen molar-refractivity contribution in [3.63, 3.8) is 0 Å². The molecule has 0 radical (unpaired) electrons. The van der Waals surface area contributed by atoms with Crippen molar-refractivity contribution in [1.82, 2.24) is 9.80 Å². The number of aliphatic imine (C=N–C) groups is 1. The monoisotopic (exact) mass is 317 g/mol. The first-order chi connectivity index (χ1) is 7.91. The lowest BCUT2D eigenvalue weighted by Gasteiger charge is -2.22. The summed E-state index contributed by atoms with van der Waals surface area (Å²) in [4.78, 5) is 8.51. The third-order valence-corrected chi connectivity index (χ3v) is 3.05. The normalized spacial score (nSPS) is 10.0. The molecular weight excluding hydrogens is 302 g/mol. The second-order valence-corrected chi connectivity index (χ2v) is 5.46. The quantitative estimate of drug-likeness (QED) is 0.616. The second-order valence-electron chi connectivity index (χ2n) is 4.14. The number of benzene rings is 1. The maximum Gasteiger partial charge on any atom is 0.195 e. The van der Waals surface area contributed by atoms with Gasteiger partial charge in [0, 0.05) is 37.7 Å². The predicted molar refractivity (Wildman–Crippen MR) is 77.7 cm³/mol. The van der Waals surface area contributed by atoms with Gasteiger partial charge in [-0.3, -0.25) is 0 Å². The van der Waals surface area contributed by atoms with Crippen molar-refractivity contribution < 1.29 is 0 Å². The van der Waals surface area contributed by atoms with Crippen LogP contribution in [-0.4, -0.2) is 44.0 Å². The lowest BCUT2D eigenvalue weighted by molar-refractivity contribution is 0.479. The fraction of sp³-hybridized carbons (Fsp3) is 0.417. The highest BCUT2D eigenvalue weighted by molar-refractivity contribution is 9.10. The maximum atomic E-state index is 6.15. The third kappa shape index (κ3) is 4.21. The van der Waals surface area contributed by atoms with Gasteiger partial charge in [-0.1, -0.05) is 33.6 Å². The summed E-state index contributed by atoms with van der Waals surface area (Å²) in [7, 11) is 7.90. The minimum atomic E-state index is 0.581. The fourth-order valence-corrected chi connectivity index (χ4v) is 2.22. The van der Waals surface area contributed by atoms with Gasteiger partial charge in [0.15, 0.2) is 5.96 Å². The van der Waals surface area contributed by atoms with Gasteiger partial charge in [-0.15, -0.1) is 0 Å². The third-order valence-electron chi connectivity index (χ3n) is 2.21. The van der Waals surface area contributed by atoms with E-state index in [1.807, 2.05) is 56.2 Å². The van der Waals surface area contributed by atoms with Crippen LogP contribution in [0.2, 0.25) is 5.02 Å². The molecule has 0 aliphatic heterocycles. The zero-order chi connectivity index (χ0) is 13.0. The van der Waals surface area contributed by atoms with Crippen molar-refractivity contribution in [2.24, 2.45) is 4.99 Å². The fourth-order valence-electron chi connectivity index (χ4n) is 1.49. The molecule has 0 heterocycles. The van der Waals surface area contributed by atoms with E-state index in [9.17, 15) is 0 Å². The smallest absolute Gasteiger partial charge is 0.195 e. The van der Waals surface area contributed by atoms with Crippen LogP contribution in [0.3, 0.4) is 0 Å². The molecule has 0 unspecified atom stereocenters. The molecule has 0 fully saturated rings. The van der Waals surface area contributed by atoms with Crippen LogP contribution in [0.5, 0.6) is 0 Å². The second kappa shape index (κ2) is 6.26. The van der Waals surface area contributed by atoms with Crippen molar-refractivity contribution in [1.29, 1.82) is 0 Å². The largest absolute Gasteiger partial charge is 0.349 e. The van der Waals surface area contributed by atoms with E-state index in [0.717, 1.165) is 21.0 Å². The van der Waals surface area contributed by atoms with Crippen molar-refractivity contribution in [2.75, 3.05) is 28.2 Å². The number of nitrogens with zero attached hydrogens (tertiary/aromatic N) is 3. The van der Waals surface area contributed by atoms with Crippen molar-refractivity contribution >= 4 is 33.5 Å². The minimum Gasteiger partial charge on any atom is -0.349 e. The highest BCUT2D eigenvalue weighted by Gasteiger charge is 2.05. The van der Waals surface area contributed by atoms with Crippen LogP contribution in [0.25, 0.3) is 0 Å². The lowest BCUT2D eigenvalue weighted by Crippen LogP contribution is -2.35. The lowest BCUT2D eigenvalue weighted by atomic mass is 10.2. The number of hydrogen-bond donors (Lipinski definition) is 0. The van der Waals surface area contributed by atoms with E-state index in [-0.39, 0.29) is 0 Å². The van der Waals surface area contributed by atoms with Gasteiger partial charge >= 0.3 is 0 Å². The molecule has 17 heavy (non-hydrogen) atoms. The highest BCUT2D eigenvalue weighted by atomic mass is 79.9. The van der Waals surface area contributed by atoms with Gasteiger partial charge < -0.3 is 9.80 Å². The zero-order valence-electron chi connectivity index (χ0n) is 10.5. The van der Waals surface area contributed by atoms with Crippen LogP contribution in [0, 0.1) is 0 Å². The summed E-state index contributed by atoms with van der Waals surface area (Å²) in [5, 5.41) is 0.736. The molecule has 3 nitrogen and oxygen atoms in total. The Morgan fingerprint density at radius 1 is 1.24 bits per heavy atom. The Kier molecular flexibility index (Phi) is 5.28. The van der Waals surface area contributed by atoms with E-state index >= 15 is 0 Å². The summed E-state index contributed by atoms with van der Waals surface area (Å²) in [6, 6.07) is 5.85. The van der Waals surface area contributed by atoms with Gasteiger partial charge in [-0.25, -0.2) is 4.99 Å². The summed E-state index contributed by atoms with van der Waals surface area (Å²) in [6.07, 6.45) is 0. The van der Waals surface area contributed by atoms with Gasteiger partial charge in [0.05, 0.1) is 6.54 Å². The molecule has 0 aliphatic rings. The van der Waals surface area contributed by atoms with E-state index in [1.54, 1.807) is 0 Å². The van der Waals surface area contributed by atoms with Crippen LogP contribution >= 0.6 is 27.5 Å². The molecule has 5 heteroatoms. The SMILES string of the molecule is CN(C)C(=NCc1ccc(Br)cc1Cl)N(C)C. The van der Waals surface area contributed by atoms with Gasteiger partial charge in [-0.05, 0) is 17.7 Å². The first kappa shape index (κ1) is 14.3. The van der Waals surface area contributed by atoms with E-state index in [4.69, 9.17) is 11.6 Å². The molecule has 0 spiro atoms. The van der Waals surface area contributed by atoms with E-state index in [0.29, 0.717) is 6.54 Å². The van der Waals surface area contributed by atoms with Gasteiger partial charge in [0.25, 0.3) is 0 Å². The highest BCUT2D eigenvalue weighted by Crippen LogP contribution is 2.22. The van der Waals surface area contributed by atoms with Crippen LogP contribution in [0.15, 0.2) is 27.7 Å². The van der Waals surface area contributed by atoms with E-state index < -0.39 is 0 Å². The summed E-state index contributed by atoms with van der Waals surface area (Å²) in [6.45, 7) is 0.581. The van der Waals surface area contributed by atoms with Crippen LogP contribution in [0.4, 0.5) is 0 Å². The molecule has 0 aliphatic carbocycles. The van der Waals surface area contributed by atoms with Crippen LogP contribution in [-0.2, 0) is 6.54 Å². The summed E-state index contributed by atoms with van der Waals surface area (Å²) >= 11 is 9.53. The average Bonchev–Trinajstić information content (AvgIpc) is 2.20. The molecule has 0 atom stereocenters. The molecule has 0 bridgehead atoms. The topological polar surface area (TPSA) is 18.8 Å². The standard InChI is InChI=1S/C12H17BrClN3/c1-16(2)12(17(3)4)15-8-9-5-6-10(13)7-11(9)14/h5-7H,8H2,1-4H3. The Morgan fingerprint density at radius 2 is 1.82 bits per heavy atom. The molecular formula is C12H17BrClN3. The van der Waals surface area contributed by atoms with Crippen molar-refractivity contribution in [3.05, 3.63) is 33.3 Å². The predicted octanol–water partition coefficient (Wildman–Crippen LogP) is 3.08. The first-order valence-electron chi connectivity index (χ1n) is 5.25. The molecule has 1 rings (SSSR count). The molecule has 1 aromatic rings. The molecule has 0 amide bonds. The Morgan fingerprint density at radius 3 is 2.29 bits per heavy atom. The Balaban J connectivity index is 2.87. The molecule has 1 aromatic carbocycles. The minimum absolute atomic E-state index is 0.581. The zero-order valence-corrected chi connectivity index (χ0v) is 12.9. The van der Waals surface area contributed by atoms with E-state index in [2.05, 4.69) is 20.9 Å². The number of halogens is 2. The number of hydrogen-bond acceptors (Lipinski definition) is 1. The molecule has 0 N–H and O–H groups in total. The molecule has 94 valence electrons. The van der Waals surface area contributed by atoms with Gasteiger partial charge in [-0.2, -0.15) is 0 Å². The van der Waals surface area contributed by atoms with Gasteiger partial charge in [0.2, 0.25) is 0 Å². The van der Waals surface area contributed by atoms with Crippen molar-refractivity contribution in [3.8, 4) is 0 Å². The summed E-state index contributed by atoms with van der Waals surface area (Å²) in [5.41, 5.74) is 1.02. The molecule has 0 aromatic heterocycles. The Hall–Kier alpha value is -0.740. The average molecular weight is 319 g/mol. The van der Waals surface area contributed by atoms with Gasteiger partial charge in [0.1, 0.15) is 0 Å². The molecule has 0 saturated heterocycles. The Bertz CT molecular complexity index is 406. The number of guanidine groups is 1. The van der Waals surface area contributed by atoms with E-state index in [1.165, 1.54) is 0 Å². The Labute approximate surface area is 116 Å². The summed E-state index contributed by atoms with van der Waals surface area (Å²) < 4.78 is 0.982. The van der Waals surface area contributed by atoms with Crippen LogP contribution in [0.1, 0.15) is 5.56 Å². The first-order valence-corrected chi connectivity index (χ1v) is 6.42. The van der Waals surface area contributed by atoms with Crippen LogP contribution < -0.4 is 0 Å².